The Balaban J connectivity index is 1.88. The molecule has 5 rings (SSSR count). The summed E-state index contributed by atoms with van der Waals surface area (Å²) in [6, 6.07) is 17.7. The van der Waals surface area contributed by atoms with Gasteiger partial charge < -0.3 is 0 Å². The van der Waals surface area contributed by atoms with E-state index in [0.29, 0.717) is 0 Å². The maximum atomic E-state index is 4.75. The average Bonchev–Trinajstić information content (AvgIpc) is 3.02. The van der Waals surface area contributed by atoms with Crippen molar-refractivity contribution < 1.29 is 0 Å². The van der Waals surface area contributed by atoms with Crippen LogP contribution >= 0.6 is 0 Å². The fraction of sp³-hybridized carbons (Fsp3) is 0.452. The van der Waals surface area contributed by atoms with E-state index < -0.39 is 0 Å². The highest BCUT2D eigenvalue weighted by Gasteiger charge is 2.50. The average molecular weight is 424 g/mol. The molecule has 0 amide bonds. The quantitative estimate of drug-likeness (QED) is 0.404. The lowest BCUT2D eigenvalue weighted by atomic mass is 9.74. The summed E-state index contributed by atoms with van der Waals surface area (Å²) < 4.78 is 0. The van der Waals surface area contributed by atoms with E-state index in [1.165, 1.54) is 29.5 Å². The number of benzene rings is 2. The van der Waals surface area contributed by atoms with E-state index in [4.69, 9.17) is 4.98 Å². The topological polar surface area (TPSA) is 12.9 Å². The van der Waals surface area contributed by atoms with Crippen molar-refractivity contribution in [1.29, 1.82) is 0 Å². The summed E-state index contributed by atoms with van der Waals surface area (Å²) in [5.41, 5.74) is 11.9. The lowest BCUT2D eigenvalue weighted by molar-refractivity contribution is 0.396. The van der Waals surface area contributed by atoms with Crippen LogP contribution in [0.4, 0.5) is 0 Å². The second kappa shape index (κ2) is 6.56. The van der Waals surface area contributed by atoms with Crippen molar-refractivity contribution in [2.45, 2.75) is 89.9 Å². The zero-order valence-electron chi connectivity index (χ0n) is 21.1. The molecule has 1 nitrogen and oxygen atoms in total. The third kappa shape index (κ3) is 3.08. The van der Waals surface area contributed by atoms with Crippen molar-refractivity contribution >= 4 is 0 Å². The number of nitrogens with zero attached hydrogens (tertiary/aromatic N) is 1. The first-order valence-corrected chi connectivity index (χ1v) is 12.1. The van der Waals surface area contributed by atoms with Crippen LogP contribution in [0.5, 0.6) is 0 Å². The SMILES string of the molecule is CC1(C)CC(C)(C)c2c1cc1c(c2-c2ccnc(-c3ccccc3)c2)C(C)(C)CC1(C)C. The smallest absolute Gasteiger partial charge is 0.0708 e. The number of hydrogen-bond donors (Lipinski definition) is 0. The van der Waals surface area contributed by atoms with Gasteiger partial charge in [-0.2, -0.15) is 0 Å². The van der Waals surface area contributed by atoms with E-state index in [2.05, 4.69) is 104 Å². The Morgan fingerprint density at radius 1 is 0.594 bits per heavy atom. The molecule has 0 unspecified atom stereocenters. The molecule has 0 saturated heterocycles. The van der Waals surface area contributed by atoms with Crippen LogP contribution in [-0.4, -0.2) is 4.98 Å². The zero-order chi connectivity index (χ0) is 23.1. The van der Waals surface area contributed by atoms with Gasteiger partial charge in [0.15, 0.2) is 0 Å². The van der Waals surface area contributed by atoms with E-state index in [1.807, 2.05) is 6.20 Å². The van der Waals surface area contributed by atoms with Crippen molar-refractivity contribution in [2.75, 3.05) is 0 Å². The van der Waals surface area contributed by atoms with Crippen molar-refractivity contribution in [3.8, 4) is 22.4 Å². The molecule has 0 spiro atoms. The predicted octanol–water partition coefficient (Wildman–Crippen LogP) is 8.33. The summed E-state index contributed by atoms with van der Waals surface area (Å²) in [7, 11) is 0. The van der Waals surface area contributed by atoms with Crippen molar-refractivity contribution in [3.05, 3.63) is 77.0 Å². The van der Waals surface area contributed by atoms with Crippen molar-refractivity contribution in [2.24, 2.45) is 0 Å². The Hall–Kier alpha value is -2.41. The normalized spacial score (nSPS) is 21.2. The Morgan fingerprint density at radius 2 is 1.12 bits per heavy atom. The largest absolute Gasteiger partial charge is 0.256 e. The number of pyridine rings is 1. The van der Waals surface area contributed by atoms with Crippen molar-refractivity contribution in [1.82, 2.24) is 4.98 Å². The molecule has 3 aromatic rings. The molecule has 2 aliphatic carbocycles. The first-order chi connectivity index (χ1) is 14.8. The molecular weight excluding hydrogens is 386 g/mol. The van der Waals surface area contributed by atoms with Gasteiger partial charge in [0.2, 0.25) is 0 Å². The van der Waals surface area contributed by atoms with Crippen LogP contribution < -0.4 is 0 Å². The monoisotopic (exact) mass is 423 g/mol. The molecule has 0 fully saturated rings. The lowest BCUT2D eigenvalue weighted by Crippen LogP contribution is -2.20. The van der Waals surface area contributed by atoms with Gasteiger partial charge in [-0.1, -0.05) is 91.8 Å². The van der Waals surface area contributed by atoms with E-state index in [1.54, 1.807) is 22.3 Å². The van der Waals surface area contributed by atoms with E-state index in [9.17, 15) is 0 Å². The summed E-state index contributed by atoms with van der Waals surface area (Å²) in [6.45, 7) is 19.5. The van der Waals surface area contributed by atoms with Gasteiger partial charge in [-0.25, -0.2) is 0 Å². The van der Waals surface area contributed by atoms with Gasteiger partial charge in [-0.05, 0) is 80.0 Å². The van der Waals surface area contributed by atoms with Gasteiger partial charge in [0, 0.05) is 11.8 Å². The van der Waals surface area contributed by atoms with Gasteiger partial charge >= 0.3 is 0 Å². The highest BCUT2D eigenvalue weighted by molar-refractivity contribution is 5.82. The number of aromatic nitrogens is 1. The third-order valence-electron chi connectivity index (χ3n) is 8.03. The standard InChI is InChI=1S/C31H37N/c1-28(2)18-30(5,6)26-22(28)17-23-27(31(7,8)19-29(23,3)4)25(26)21-14-15-32-24(16-21)20-12-10-9-11-13-20/h9-17H,18-19H2,1-8H3. The molecule has 1 heteroatoms. The molecule has 2 aliphatic rings. The number of rotatable bonds is 2. The van der Waals surface area contributed by atoms with Crippen molar-refractivity contribution in [3.63, 3.8) is 0 Å². The van der Waals surface area contributed by atoms with Crippen LogP contribution in [0.15, 0.2) is 54.7 Å². The minimum Gasteiger partial charge on any atom is -0.256 e. The van der Waals surface area contributed by atoms with Crippen LogP contribution in [0.2, 0.25) is 0 Å². The van der Waals surface area contributed by atoms with Gasteiger partial charge in [0.25, 0.3) is 0 Å². The van der Waals surface area contributed by atoms with E-state index in [-0.39, 0.29) is 21.7 Å². The van der Waals surface area contributed by atoms with Gasteiger partial charge in [-0.3, -0.25) is 4.98 Å². The van der Waals surface area contributed by atoms with E-state index in [0.717, 1.165) is 5.69 Å². The maximum Gasteiger partial charge on any atom is 0.0708 e. The van der Waals surface area contributed by atoms with Crippen LogP contribution in [0, 0.1) is 0 Å². The third-order valence-corrected chi connectivity index (χ3v) is 8.03. The van der Waals surface area contributed by atoms with Crippen LogP contribution in [0.25, 0.3) is 22.4 Å². The van der Waals surface area contributed by atoms with Crippen LogP contribution in [-0.2, 0) is 21.7 Å². The Bertz CT molecular complexity index is 1160. The summed E-state index contributed by atoms with van der Waals surface area (Å²) in [5.74, 6) is 0. The molecular formula is C31H37N. The van der Waals surface area contributed by atoms with Gasteiger partial charge in [-0.15, -0.1) is 0 Å². The first kappa shape index (κ1) is 21.4. The second-order valence-corrected chi connectivity index (χ2v) is 12.8. The molecule has 2 aromatic carbocycles. The molecule has 0 saturated carbocycles. The molecule has 0 radical (unpaired) electrons. The summed E-state index contributed by atoms with van der Waals surface area (Å²) in [4.78, 5) is 4.75. The molecule has 1 aromatic heterocycles. The summed E-state index contributed by atoms with van der Waals surface area (Å²) in [6.07, 6.45) is 4.37. The minimum absolute atomic E-state index is 0.141. The van der Waals surface area contributed by atoms with Crippen LogP contribution in [0.1, 0.15) is 90.5 Å². The van der Waals surface area contributed by atoms with E-state index >= 15 is 0 Å². The zero-order valence-corrected chi connectivity index (χ0v) is 21.1. The molecule has 32 heavy (non-hydrogen) atoms. The van der Waals surface area contributed by atoms with Crippen LogP contribution in [0.3, 0.4) is 0 Å². The maximum absolute atomic E-state index is 4.75. The summed E-state index contributed by atoms with van der Waals surface area (Å²) in [5, 5.41) is 0. The fourth-order valence-corrected chi connectivity index (χ4v) is 7.37. The number of hydrogen-bond acceptors (Lipinski definition) is 1. The van der Waals surface area contributed by atoms with Gasteiger partial charge in [0.05, 0.1) is 5.69 Å². The Morgan fingerprint density at radius 3 is 1.66 bits per heavy atom. The predicted molar refractivity (Wildman–Crippen MR) is 136 cm³/mol. The summed E-state index contributed by atoms with van der Waals surface area (Å²) >= 11 is 0. The number of fused-ring (bicyclic) bond motifs is 2. The molecule has 0 atom stereocenters. The fourth-order valence-electron chi connectivity index (χ4n) is 7.37. The molecule has 0 aliphatic heterocycles. The minimum atomic E-state index is 0.141. The Kier molecular flexibility index (Phi) is 4.40. The molecule has 1 heterocycles. The first-order valence-electron chi connectivity index (χ1n) is 12.1. The highest BCUT2D eigenvalue weighted by atomic mass is 14.7. The Labute approximate surface area is 194 Å². The second-order valence-electron chi connectivity index (χ2n) is 12.8. The molecule has 166 valence electrons. The lowest BCUT2D eigenvalue weighted by Gasteiger charge is -2.30. The highest BCUT2D eigenvalue weighted by Crippen LogP contribution is 2.60. The van der Waals surface area contributed by atoms with Gasteiger partial charge in [0.1, 0.15) is 0 Å². The molecule has 0 bridgehead atoms. The molecule has 0 N–H and O–H groups in total.